The van der Waals surface area contributed by atoms with E-state index in [2.05, 4.69) is 10.2 Å². The lowest BCUT2D eigenvalue weighted by Crippen LogP contribution is -2.55. The SMILES string of the molecule is CC(=O)c1ccc(N2CCN(C(C)C(=O)NC3CCCC3)CC2)c(F)c1. The van der Waals surface area contributed by atoms with Gasteiger partial charge in [0.25, 0.3) is 0 Å². The number of piperazine rings is 1. The number of Topliss-reactive ketones (excluding diaryl/α,β-unsaturated/α-hetero) is 1. The van der Waals surface area contributed by atoms with Crippen LogP contribution in [-0.4, -0.2) is 54.9 Å². The number of anilines is 1. The zero-order valence-corrected chi connectivity index (χ0v) is 15.6. The summed E-state index contributed by atoms with van der Waals surface area (Å²) >= 11 is 0. The largest absolute Gasteiger partial charge is 0.367 e. The highest BCUT2D eigenvalue weighted by Crippen LogP contribution is 2.23. The highest BCUT2D eigenvalue weighted by atomic mass is 19.1. The molecule has 1 N–H and O–H groups in total. The predicted molar refractivity (Wildman–Crippen MR) is 100 cm³/mol. The van der Waals surface area contributed by atoms with Crippen molar-refractivity contribution in [2.24, 2.45) is 0 Å². The van der Waals surface area contributed by atoms with Crippen molar-refractivity contribution in [3.05, 3.63) is 29.6 Å². The molecule has 5 nitrogen and oxygen atoms in total. The van der Waals surface area contributed by atoms with E-state index in [1.165, 1.54) is 25.8 Å². The first-order valence-corrected chi connectivity index (χ1v) is 9.55. The first-order valence-electron chi connectivity index (χ1n) is 9.55. The van der Waals surface area contributed by atoms with Crippen LogP contribution in [0.15, 0.2) is 18.2 Å². The van der Waals surface area contributed by atoms with Gasteiger partial charge in [0.15, 0.2) is 5.78 Å². The van der Waals surface area contributed by atoms with Gasteiger partial charge in [-0.2, -0.15) is 0 Å². The molecule has 1 aromatic rings. The van der Waals surface area contributed by atoms with Crippen LogP contribution < -0.4 is 10.2 Å². The molecule has 1 aliphatic carbocycles. The highest BCUT2D eigenvalue weighted by Gasteiger charge is 2.28. The van der Waals surface area contributed by atoms with Gasteiger partial charge in [0.05, 0.1) is 11.7 Å². The van der Waals surface area contributed by atoms with Gasteiger partial charge in [-0.05, 0) is 44.9 Å². The quantitative estimate of drug-likeness (QED) is 0.819. The third kappa shape index (κ3) is 4.23. The summed E-state index contributed by atoms with van der Waals surface area (Å²) in [4.78, 5) is 28.0. The number of ketones is 1. The molecule has 1 atom stereocenters. The number of carbonyl (C=O) groups excluding carboxylic acids is 2. The molecule has 0 spiro atoms. The molecule has 3 rings (SSSR count). The third-order valence-corrected chi connectivity index (χ3v) is 5.64. The maximum atomic E-state index is 14.3. The van der Waals surface area contributed by atoms with Crippen molar-refractivity contribution in [3.63, 3.8) is 0 Å². The molecule has 1 aromatic carbocycles. The molecule has 0 bridgehead atoms. The number of nitrogens with zero attached hydrogens (tertiary/aromatic N) is 2. The maximum absolute atomic E-state index is 14.3. The van der Waals surface area contributed by atoms with Crippen molar-refractivity contribution in [1.82, 2.24) is 10.2 Å². The van der Waals surface area contributed by atoms with Gasteiger partial charge in [-0.25, -0.2) is 4.39 Å². The van der Waals surface area contributed by atoms with E-state index < -0.39 is 0 Å². The number of nitrogens with one attached hydrogen (secondary N) is 1. The molecule has 1 amide bonds. The van der Waals surface area contributed by atoms with Crippen LogP contribution >= 0.6 is 0 Å². The second-order valence-corrected chi connectivity index (χ2v) is 7.41. The predicted octanol–water partition coefficient (Wildman–Crippen LogP) is 2.60. The van der Waals surface area contributed by atoms with Gasteiger partial charge in [-0.3, -0.25) is 14.5 Å². The number of hydrogen-bond donors (Lipinski definition) is 1. The summed E-state index contributed by atoms with van der Waals surface area (Å²) < 4.78 is 14.3. The van der Waals surface area contributed by atoms with Crippen molar-refractivity contribution >= 4 is 17.4 Å². The number of amides is 1. The normalized spacial score (nSPS) is 20.2. The monoisotopic (exact) mass is 361 g/mol. The zero-order chi connectivity index (χ0) is 18.7. The average Bonchev–Trinajstić information content (AvgIpc) is 3.14. The Labute approximate surface area is 154 Å². The molecule has 6 heteroatoms. The van der Waals surface area contributed by atoms with E-state index in [1.54, 1.807) is 12.1 Å². The second-order valence-electron chi connectivity index (χ2n) is 7.41. The van der Waals surface area contributed by atoms with Gasteiger partial charge in [-0.15, -0.1) is 0 Å². The minimum absolute atomic E-state index is 0.0994. The summed E-state index contributed by atoms with van der Waals surface area (Å²) in [5, 5.41) is 3.16. The minimum Gasteiger partial charge on any atom is -0.367 e. The fourth-order valence-corrected chi connectivity index (χ4v) is 3.89. The third-order valence-electron chi connectivity index (χ3n) is 5.64. The Kier molecular flexibility index (Phi) is 5.91. The Morgan fingerprint density at radius 1 is 1.15 bits per heavy atom. The molecule has 1 aliphatic heterocycles. The summed E-state index contributed by atoms with van der Waals surface area (Å²) in [5.41, 5.74) is 0.916. The minimum atomic E-state index is -0.363. The molecule has 142 valence electrons. The molecule has 1 unspecified atom stereocenters. The van der Waals surface area contributed by atoms with E-state index in [4.69, 9.17) is 0 Å². The number of rotatable bonds is 5. The summed E-state index contributed by atoms with van der Waals surface area (Å²) in [6.07, 6.45) is 4.57. The molecule has 0 radical (unpaired) electrons. The van der Waals surface area contributed by atoms with Crippen LogP contribution in [0.2, 0.25) is 0 Å². The first-order chi connectivity index (χ1) is 12.5. The zero-order valence-electron chi connectivity index (χ0n) is 15.6. The summed E-state index contributed by atoms with van der Waals surface area (Å²) in [6.45, 7) is 6.14. The van der Waals surface area contributed by atoms with E-state index in [9.17, 15) is 14.0 Å². The smallest absolute Gasteiger partial charge is 0.237 e. The lowest BCUT2D eigenvalue weighted by molar-refractivity contribution is -0.126. The van der Waals surface area contributed by atoms with Crippen LogP contribution in [0.5, 0.6) is 0 Å². The van der Waals surface area contributed by atoms with Gasteiger partial charge in [-0.1, -0.05) is 12.8 Å². The Morgan fingerprint density at radius 2 is 1.81 bits per heavy atom. The molecule has 0 aromatic heterocycles. The van der Waals surface area contributed by atoms with Gasteiger partial charge >= 0.3 is 0 Å². The molecule has 2 aliphatic rings. The molecule has 1 saturated carbocycles. The second kappa shape index (κ2) is 8.16. The Balaban J connectivity index is 1.55. The van der Waals surface area contributed by atoms with Crippen molar-refractivity contribution in [3.8, 4) is 0 Å². The topological polar surface area (TPSA) is 52.7 Å². The fraction of sp³-hybridized carbons (Fsp3) is 0.600. The molecular formula is C20H28FN3O2. The van der Waals surface area contributed by atoms with Crippen molar-refractivity contribution in [2.45, 2.75) is 51.6 Å². The molecule has 26 heavy (non-hydrogen) atoms. The standard InChI is InChI=1S/C20H28FN3O2/c1-14(20(26)22-17-5-3-4-6-17)23-9-11-24(12-10-23)19-8-7-16(15(2)25)13-18(19)21/h7-8,13-14,17H,3-6,9-12H2,1-2H3,(H,22,26). The van der Waals surface area contributed by atoms with Gasteiger partial charge < -0.3 is 10.2 Å². The van der Waals surface area contributed by atoms with Crippen LogP contribution in [-0.2, 0) is 4.79 Å². The number of hydrogen-bond acceptors (Lipinski definition) is 4. The van der Waals surface area contributed by atoms with Crippen LogP contribution in [0.1, 0.15) is 49.9 Å². The van der Waals surface area contributed by atoms with Crippen molar-refractivity contribution in [2.75, 3.05) is 31.1 Å². The van der Waals surface area contributed by atoms with Crippen LogP contribution in [0, 0.1) is 5.82 Å². The van der Waals surface area contributed by atoms with Crippen LogP contribution in [0.4, 0.5) is 10.1 Å². The van der Waals surface area contributed by atoms with Crippen molar-refractivity contribution < 1.29 is 14.0 Å². The number of halogens is 1. The van der Waals surface area contributed by atoms with Gasteiger partial charge in [0.2, 0.25) is 5.91 Å². The lowest BCUT2D eigenvalue weighted by Gasteiger charge is -2.38. The fourth-order valence-electron chi connectivity index (χ4n) is 3.89. The van der Waals surface area contributed by atoms with E-state index >= 15 is 0 Å². The summed E-state index contributed by atoms with van der Waals surface area (Å²) in [6, 6.07) is 4.83. The number of carbonyl (C=O) groups is 2. The molecule has 1 saturated heterocycles. The number of benzene rings is 1. The Morgan fingerprint density at radius 3 is 2.38 bits per heavy atom. The lowest BCUT2D eigenvalue weighted by atomic mass is 10.1. The van der Waals surface area contributed by atoms with Crippen LogP contribution in [0.3, 0.4) is 0 Å². The molecule has 2 fully saturated rings. The average molecular weight is 361 g/mol. The molecular weight excluding hydrogens is 333 g/mol. The Bertz CT molecular complexity index is 665. The van der Waals surface area contributed by atoms with Crippen molar-refractivity contribution in [1.29, 1.82) is 0 Å². The van der Waals surface area contributed by atoms with Gasteiger partial charge in [0.1, 0.15) is 5.82 Å². The first kappa shape index (κ1) is 18.8. The maximum Gasteiger partial charge on any atom is 0.237 e. The van der Waals surface area contributed by atoms with Crippen LogP contribution in [0.25, 0.3) is 0 Å². The Hall–Kier alpha value is -1.95. The van der Waals surface area contributed by atoms with Gasteiger partial charge in [0, 0.05) is 37.8 Å². The summed E-state index contributed by atoms with van der Waals surface area (Å²) in [5.74, 6) is -0.400. The summed E-state index contributed by atoms with van der Waals surface area (Å²) in [7, 11) is 0. The molecule has 1 heterocycles. The van der Waals surface area contributed by atoms with E-state index in [-0.39, 0.29) is 23.5 Å². The highest BCUT2D eigenvalue weighted by molar-refractivity contribution is 5.94. The van der Waals surface area contributed by atoms with E-state index in [0.29, 0.717) is 43.5 Å². The van der Waals surface area contributed by atoms with E-state index in [1.807, 2.05) is 11.8 Å². The van der Waals surface area contributed by atoms with E-state index in [0.717, 1.165) is 12.8 Å².